The Kier molecular flexibility index (Phi) is 7.63. The highest BCUT2D eigenvalue weighted by Crippen LogP contribution is 2.24. The first-order valence-corrected chi connectivity index (χ1v) is 11.0. The first-order valence-electron chi connectivity index (χ1n) is 11.0. The Morgan fingerprint density at radius 1 is 1.07 bits per heavy atom. The van der Waals surface area contributed by atoms with Gasteiger partial charge in [-0.25, -0.2) is 4.98 Å². The molecule has 0 unspecified atom stereocenters. The van der Waals surface area contributed by atoms with Gasteiger partial charge in [-0.1, -0.05) is 44.5 Å². The number of rotatable bonds is 11. The summed E-state index contributed by atoms with van der Waals surface area (Å²) in [6.45, 7) is 9.14. The zero-order valence-electron chi connectivity index (χ0n) is 18.5. The fourth-order valence-electron chi connectivity index (χ4n) is 3.33. The predicted molar refractivity (Wildman–Crippen MR) is 123 cm³/mol. The summed E-state index contributed by atoms with van der Waals surface area (Å²) < 4.78 is 2.04. The number of hydrogen-bond acceptors (Lipinski definition) is 6. The number of fused-ring (bicyclic) bond motifs is 1. The number of nitrogens with zero attached hydrogens (tertiary/aromatic N) is 4. The van der Waals surface area contributed by atoms with E-state index in [1.807, 2.05) is 17.8 Å². The maximum absolute atomic E-state index is 9.55. The predicted octanol–water partition coefficient (Wildman–Crippen LogP) is 4.54. The molecular formula is C23H34N6O. The lowest BCUT2D eigenvalue weighted by atomic mass is 10.1. The lowest BCUT2D eigenvalue weighted by Gasteiger charge is -2.16. The number of aryl methyl sites for hydroxylation is 1. The van der Waals surface area contributed by atoms with E-state index in [1.54, 1.807) is 0 Å². The van der Waals surface area contributed by atoms with Crippen LogP contribution in [0.15, 0.2) is 30.6 Å². The molecule has 1 aromatic carbocycles. The maximum Gasteiger partial charge on any atom is 0.227 e. The van der Waals surface area contributed by atoms with Gasteiger partial charge in [-0.3, -0.25) is 0 Å². The van der Waals surface area contributed by atoms with E-state index in [9.17, 15) is 5.11 Å². The Morgan fingerprint density at radius 2 is 1.80 bits per heavy atom. The normalized spacial score (nSPS) is 12.5. The molecule has 162 valence electrons. The molecule has 3 rings (SSSR count). The topological polar surface area (TPSA) is 87.9 Å². The zero-order valence-corrected chi connectivity index (χ0v) is 18.5. The summed E-state index contributed by atoms with van der Waals surface area (Å²) in [5, 5.41) is 16.2. The molecular weight excluding hydrogens is 376 g/mol. The van der Waals surface area contributed by atoms with Crippen LogP contribution in [-0.2, 0) is 13.0 Å². The van der Waals surface area contributed by atoms with E-state index in [2.05, 4.69) is 70.6 Å². The van der Waals surface area contributed by atoms with Crippen LogP contribution in [0.25, 0.3) is 11.2 Å². The molecule has 0 saturated heterocycles. The van der Waals surface area contributed by atoms with Gasteiger partial charge in [-0.05, 0) is 44.2 Å². The van der Waals surface area contributed by atoms with Gasteiger partial charge >= 0.3 is 0 Å². The van der Waals surface area contributed by atoms with Gasteiger partial charge in [0.1, 0.15) is 0 Å². The summed E-state index contributed by atoms with van der Waals surface area (Å²) in [6.07, 6.45) is 6.15. The monoisotopic (exact) mass is 410 g/mol. The average molecular weight is 411 g/mol. The van der Waals surface area contributed by atoms with Crippen LogP contribution in [0.4, 0.5) is 11.8 Å². The smallest absolute Gasteiger partial charge is 0.227 e. The van der Waals surface area contributed by atoms with E-state index in [-0.39, 0.29) is 18.7 Å². The molecule has 0 spiro atoms. The fraction of sp³-hybridized carbons (Fsp3) is 0.522. The Bertz CT molecular complexity index is 931. The third-order valence-corrected chi connectivity index (χ3v) is 5.33. The summed E-state index contributed by atoms with van der Waals surface area (Å²) in [5.41, 5.74) is 4.11. The second-order valence-corrected chi connectivity index (χ2v) is 8.02. The first-order chi connectivity index (χ1) is 14.5. The Hall–Kier alpha value is -2.67. The second kappa shape index (κ2) is 10.4. The molecule has 0 saturated carbocycles. The van der Waals surface area contributed by atoms with Gasteiger partial charge in [0.05, 0.1) is 19.0 Å². The van der Waals surface area contributed by atoms with Gasteiger partial charge in [-0.15, -0.1) is 0 Å². The van der Waals surface area contributed by atoms with Crippen LogP contribution < -0.4 is 10.6 Å². The number of aliphatic hydroxyl groups is 1. The van der Waals surface area contributed by atoms with E-state index in [1.165, 1.54) is 24.0 Å². The van der Waals surface area contributed by atoms with E-state index >= 15 is 0 Å². The molecule has 0 amide bonds. The number of aliphatic hydroxyl groups excluding tert-OH is 1. The first kappa shape index (κ1) is 22.0. The molecule has 0 radical (unpaired) electrons. The minimum atomic E-state index is -0.0820. The molecule has 30 heavy (non-hydrogen) atoms. The summed E-state index contributed by atoms with van der Waals surface area (Å²) in [6, 6.07) is 8.90. The van der Waals surface area contributed by atoms with Gasteiger partial charge in [0.2, 0.25) is 5.95 Å². The second-order valence-electron chi connectivity index (χ2n) is 8.02. The lowest BCUT2D eigenvalue weighted by Crippen LogP contribution is -2.24. The Balaban J connectivity index is 1.84. The van der Waals surface area contributed by atoms with Crippen molar-refractivity contribution in [3.63, 3.8) is 0 Å². The number of unbranched alkanes of at least 4 members (excludes halogenated alkanes) is 1. The van der Waals surface area contributed by atoms with Gasteiger partial charge in [0.15, 0.2) is 17.0 Å². The van der Waals surface area contributed by atoms with Crippen molar-refractivity contribution in [1.29, 1.82) is 0 Å². The molecule has 2 aromatic heterocycles. The van der Waals surface area contributed by atoms with Crippen molar-refractivity contribution < 1.29 is 5.11 Å². The molecule has 3 N–H and O–H groups in total. The summed E-state index contributed by atoms with van der Waals surface area (Å²) in [5.74, 6) is 1.20. The third kappa shape index (κ3) is 5.27. The van der Waals surface area contributed by atoms with E-state index in [4.69, 9.17) is 0 Å². The highest BCUT2D eigenvalue weighted by molar-refractivity contribution is 5.84. The van der Waals surface area contributed by atoms with Crippen molar-refractivity contribution >= 4 is 22.9 Å². The number of hydrogen-bond donors (Lipinski definition) is 3. The standard InChI is InChI=1S/C23H34N6O/c1-5-7-8-17-9-11-18(12-10-17)13-24-21-20-22(29(15-25-20)16(3)4)28-23(27-21)26-19(6-2)14-30/h9-12,15-16,19,30H,5-8,13-14H2,1-4H3,(H2,24,26,27,28)/t19-/m1/s1. The number of aromatic nitrogens is 4. The summed E-state index contributed by atoms with van der Waals surface area (Å²) in [4.78, 5) is 13.9. The van der Waals surface area contributed by atoms with Crippen LogP contribution in [-0.4, -0.2) is 37.3 Å². The van der Waals surface area contributed by atoms with Crippen LogP contribution in [0.3, 0.4) is 0 Å². The van der Waals surface area contributed by atoms with Crippen LogP contribution in [0.5, 0.6) is 0 Å². The van der Waals surface area contributed by atoms with Crippen LogP contribution in [0.1, 0.15) is 64.1 Å². The fourth-order valence-corrected chi connectivity index (χ4v) is 3.33. The van der Waals surface area contributed by atoms with Crippen molar-refractivity contribution in [2.45, 2.75) is 72.0 Å². The van der Waals surface area contributed by atoms with Crippen molar-refractivity contribution in [3.8, 4) is 0 Å². The van der Waals surface area contributed by atoms with Gasteiger partial charge < -0.3 is 20.3 Å². The van der Waals surface area contributed by atoms with E-state index < -0.39 is 0 Å². The van der Waals surface area contributed by atoms with Crippen molar-refractivity contribution in [2.75, 3.05) is 17.2 Å². The number of nitrogens with one attached hydrogen (secondary N) is 2. The molecule has 0 aliphatic carbocycles. The molecule has 1 atom stereocenters. The molecule has 3 aromatic rings. The van der Waals surface area contributed by atoms with Crippen LogP contribution in [0, 0.1) is 0 Å². The SMILES string of the molecule is CCCCc1ccc(CNc2nc(N[C@H](CC)CO)nc3c2ncn3C(C)C)cc1. The minimum absolute atomic E-state index is 0.0362. The van der Waals surface area contributed by atoms with Gasteiger partial charge in [0.25, 0.3) is 0 Å². The average Bonchev–Trinajstić information content (AvgIpc) is 3.19. The molecule has 0 fully saturated rings. The Morgan fingerprint density at radius 3 is 2.43 bits per heavy atom. The molecule has 0 aliphatic heterocycles. The van der Waals surface area contributed by atoms with Crippen molar-refractivity contribution in [2.24, 2.45) is 0 Å². The van der Waals surface area contributed by atoms with E-state index in [0.29, 0.717) is 18.3 Å². The molecule has 7 nitrogen and oxygen atoms in total. The van der Waals surface area contributed by atoms with Gasteiger partial charge in [0, 0.05) is 12.6 Å². The van der Waals surface area contributed by atoms with Crippen molar-refractivity contribution in [3.05, 3.63) is 41.7 Å². The van der Waals surface area contributed by atoms with Crippen LogP contribution in [0.2, 0.25) is 0 Å². The highest BCUT2D eigenvalue weighted by Gasteiger charge is 2.16. The molecule has 0 aliphatic rings. The summed E-state index contributed by atoms with van der Waals surface area (Å²) in [7, 11) is 0. The molecule has 7 heteroatoms. The summed E-state index contributed by atoms with van der Waals surface area (Å²) >= 11 is 0. The van der Waals surface area contributed by atoms with Gasteiger partial charge in [-0.2, -0.15) is 9.97 Å². The third-order valence-electron chi connectivity index (χ3n) is 5.33. The number of imidazole rings is 1. The quantitative estimate of drug-likeness (QED) is 0.430. The molecule has 2 heterocycles. The zero-order chi connectivity index (χ0) is 21.5. The highest BCUT2D eigenvalue weighted by atomic mass is 16.3. The van der Waals surface area contributed by atoms with Crippen molar-refractivity contribution in [1.82, 2.24) is 19.5 Å². The Labute approximate surface area is 179 Å². The number of anilines is 2. The molecule has 0 bridgehead atoms. The van der Waals surface area contributed by atoms with E-state index in [0.717, 1.165) is 24.0 Å². The minimum Gasteiger partial charge on any atom is -0.394 e. The van der Waals surface area contributed by atoms with Crippen LogP contribution >= 0.6 is 0 Å². The lowest BCUT2D eigenvalue weighted by molar-refractivity contribution is 0.271. The maximum atomic E-state index is 9.55. The largest absolute Gasteiger partial charge is 0.394 e. The number of benzene rings is 1.